The average Bonchev–Trinajstić information content (AvgIpc) is 3.15. The van der Waals surface area contributed by atoms with Crippen molar-refractivity contribution in [2.45, 2.75) is 38.0 Å². The monoisotopic (exact) mass is 437 g/mol. The molecule has 0 N–H and O–H groups in total. The average molecular weight is 438 g/mol. The Morgan fingerprint density at radius 1 is 1.10 bits per heavy atom. The minimum absolute atomic E-state index is 0.0110. The van der Waals surface area contributed by atoms with E-state index in [1.165, 1.54) is 4.31 Å². The summed E-state index contributed by atoms with van der Waals surface area (Å²) in [6.45, 7) is 7.35. The highest BCUT2D eigenvalue weighted by atomic mass is 32.2. The zero-order chi connectivity index (χ0) is 21.7. The third-order valence-electron chi connectivity index (χ3n) is 5.53. The summed E-state index contributed by atoms with van der Waals surface area (Å²) in [7, 11) is -3.56. The van der Waals surface area contributed by atoms with E-state index < -0.39 is 10.0 Å². The van der Waals surface area contributed by atoms with E-state index in [9.17, 15) is 18.0 Å². The normalized spacial score (nSPS) is 20.2. The Morgan fingerprint density at radius 2 is 1.70 bits per heavy atom. The SMILES string of the molecule is CCCN(CCC)S(=O)(=O)c1ccc(N2CC(C(=O)N3CCOCC3)CC2=O)cc1. The maximum absolute atomic E-state index is 12.9. The molecule has 30 heavy (non-hydrogen) atoms. The number of benzene rings is 1. The van der Waals surface area contributed by atoms with E-state index in [4.69, 9.17) is 4.74 Å². The second kappa shape index (κ2) is 9.89. The molecule has 1 unspecified atom stereocenters. The molecule has 1 atom stereocenters. The van der Waals surface area contributed by atoms with Gasteiger partial charge in [-0.3, -0.25) is 9.59 Å². The molecule has 8 nitrogen and oxygen atoms in total. The Kier molecular flexibility index (Phi) is 7.49. The van der Waals surface area contributed by atoms with Gasteiger partial charge in [-0.1, -0.05) is 13.8 Å². The molecule has 3 rings (SSSR count). The van der Waals surface area contributed by atoms with Gasteiger partial charge in [0.1, 0.15) is 0 Å². The molecular weight excluding hydrogens is 406 g/mol. The van der Waals surface area contributed by atoms with Crippen molar-refractivity contribution in [1.29, 1.82) is 0 Å². The first-order valence-corrected chi connectivity index (χ1v) is 12.1. The Labute approximate surface area is 178 Å². The van der Waals surface area contributed by atoms with Crippen LogP contribution < -0.4 is 4.90 Å². The van der Waals surface area contributed by atoms with E-state index in [-0.39, 0.29) is 29.0 Å². The van der Waals surface area contributed by atoms with Gasteiger partial charge in [0.25, 0.3) is 0 Å². The van der Waals surface area contributed by atoms with Crippen LogP contribution in [0.1, 0.15) is 33.1 Å². The van der Waals surface area contributed by atoms with Crippen molar-refractivity contribution in [2.75, 3.05) is 50.8 Å². The van der Waals surface area contributed by atoms with Gasteiger partial charge in [0.15, 0.2) is 0 Å². The Balaban J connectivity index is 1.71. The van der Waals surface area contributed by atoms with Crippen LogP contribution in [0.25, 0.3) is 0 Å². The highest BCUT2D eigenvalue weighted by Gasteiger charge is 2.37. The first-order valence-electron chi connectivity index (χ1n) is 10.7. The summed E-state index contributed by atoms with van der Waals surface area (Å²) in [4.78, 5) is 28.8. The third-order valence-corrected chi connectivity index (χ3v) is 7.44. The van der Waals surface area contributed by atoms with Gasteiger partial charge in [-0.2, -0.15) is 4.31 Å². The number of ether oxygens (including phenoxy) is 1. The number of carbonyl (C=O) groups excluding carboxylic acids is 2. The molecular formula is C21H31N3O5S. The molecule has 2 heterocycles. The van der Waals surface area contributed by atoms with Crippen LogP contribution in [0.2, 0.25) is 0 Å². The molecule has 2 aliphatic heterocycles. The van der Waals surface area contributed by atoms with Crippen molar-refractivity contribution in [3.8, 4) is 0 Å². The van der Waals surface area contributed by atoms with Crippen LogP contribution in [0, 0.1) is 5.92 Å². The molecule has 2 fully saturated rings. The summed E-state index contributed by atoms with van der Waals surface area (Å²) >= 11 is 0. The van der Waals surface area contributed by atoms with Crippen molar-refractivity contribution >= 4 is 27.5 Å². The molecule has 0 spiro atoms. The molecule has 2 aliphatic rings. The van der Waals surface area contributed by atoms with E-state index in [0.717, 1.165) is 12.8 Å². The predicted molar refractivity (Wildman–Crippen MR) is 114 cm³/mol. The molecule has 1 aromatic carbocycles. The second-order valence-corrected chi connectivity index (χ2v) is 9.68. The van der Waals surface area contributed by atoms with E-state index in [1.807, 2.05) is 13.8 Å². The second-order valence-electron chi connectivity index (χ2n) is 7.74. The largest absolute Gasteiger partial charge is 0.378 e. The van der Waals surface area contributed by atoms with Crippen LogP contribution in [-0.4, -0.2) is 75.4 Å². The number of amides is 2. The molecule has 166 valence electrons. The van der Waals surface area contributed by atoms with E-state index in [2.05, 4.69) is 0 Å². The molecule has 1 aromatic rings. The van der Waals surface area contributed by atoms with Crippen LogP contribution in [0.15, 0.2) is 29.2 Å². The van der Waals surface area contributed by atoms with Crippen molar-refractivity contribution < 1.29 is 22.7 Å². The van der Waals surface area contributed by atoms with Gasteiger partial charge in [0.05, 0.1) is 24.0 Å². The lowest BCUT2D eigenvalue weighted by molar-refractivity contribution is -0.139. The molecule has 9 heteroatoms. The number of hydrogen-bond donors (Lipinski definition) is 0. The van der Waals surface area contributed by atoms with E-state index in [1.54, 1.807) is 34.1 Å². The fourth-order valence-electron chi connectivity index (χ4n) is 3.96. The van der Waals surface area contributed by atoms with Gasteiger partial charge in [-0.15, -0.1) is 0 Å². The number of anilines is 1. The van der Waals surface area contributed by atoms with Gasteiger partial charge in [0.2, 0.25) is 21.8 Å². The lowest BCUT2D eigenvalue weighted by atomic mass is 10.1. The summed E-state index contributed by atoms with van der Waals surface area (Å²) in [6.07, 6.45) is 1.67. The minimum atomic E-state index is -3.56. The highest BCUT2D eigenvalue weighted by molar-refractivity contribution is 7.89. The molecule has 2 amide bonds. The van der Waals surface area contributed by atoms with Crippen molar-refractivity contribution in [3.63, 3.8) is 0 Å². The number of hydrogen-bond acceptors (Lipinski definition) is 5. The third kappa shape index (κ3) is 4.84. The number of carbonyl (C=O) groups is 2. The summed E-state index contributed by atoms with van der Waals surface area (Å²) in [5, 5.41) is 0. The van der Waals surface area contributed by atoms with Crippen molar-refractivity contribution in [3.05, 3.63) is 24.3 Å². The fraction of sp³-hybridized carbons (Fsp3) is 0.619. The fourth-order valence-corrected chi connectivity index (χ4v) is 5.59. The van der Waals surface area contributed by atoms with Crippen molar-refractivity contribution in [2.24, 2.45) is 5.92 Å². The van der Waals surface area contributed by atoms with Gasteiger partial charge < -0.3 is 14.5 Å². The molecule has 0 radical (unpaired) electrons. The maximum atomic E-state index is 12.9. The topological polar surface area (TPSA) is 87.2 Å². The summed E-state index contributed by atoms with van der Waals surface area (Å²) in [5.41, 5.74) is 0.619. The molecule has 2 saturated heterocycles. The van der Waals surface area contributed by atoms with Crippen LogP contribution >= 0.6 is 0 Å². The quantitative estimate of drug-likeness (QED) is 0.618. The lowest BCUT2D eigenvalue weighted by Crippen LogP contribution is -2.44. The molecule has 0 aliphatic carbocycles. The maximum Gasteiger partial charge on any atom is 0.243 e. The first kappa shape index (κ1) is 22.7. The number of rotatable bonds is 8. The van der Waals surface area contributed by atoms with Crippen LogP contribution in [0.5, 0.6) is 0 Å². The zero-order valence-corrected chi connectivity index (χ0v) is 18.6. The standard InChI is InChI=1S/C21H31N3O5S/c1-3-9-23(10-4-2)30(27,28)19-7-5-18(6-8-19)24-16-17(15-20(24)25)21(26)22-11-13-29-14-12-22/h5-8,17H,3-4,9-16H2,1-2H3. The number of sulfonamides is 1. The first-order chi connectivity index (χ1) is 14.4. The molecule has 0 bridgehead atoms. The highest BCUT2D eigenvalue weighted by Crippen LogP contribution is 2.28. The summed E-state index contributed by atoms with van der Waals surface area (Å²) in [6, 6.07) is 6.41. The van der Waals surface area contributed by atoms with Gasteiger partial charge in [0, 0.05) is 44.8 Å². The van der Waals surface area contributed by atoms with Crippen LogP contribution in [0.4, 0.5) is 5.69 Å². The van der Waals surface area contributed by atoms with Gasteiger partial charge in [-0.05, 0) is 37.1 Å². The Bertz CT molecular complexity index is 844. The zero-order valence-electron chi connectivity index (χ0n) is 17.7. The van der Waals surface area contributed by atoms with Crippen LogP contribution in [-0.2, 0) is 24.3 Å². The Hall–Kier alpha value is -1.97. The van der Waals surface area contributed by atoms with E-state index >= 15 is 0 Å². The summed E-state index contributed by atoms with van der Waals surface area (Å²) < 4.78 is 32.6. The minimum Gasteiger partial charge on any atom is -0.378 e. The number of morpholine rings is 1. The number of nitrogens with zero attached hydrogens (tertiary/aromatic N) is 3. The van der Waals surface area contributed by atoms with E-state index in [0.29, 0.717) is 51.6 Å². The summed E-state index contributed by atoms with van der Waals surface area (Å²) in [5.74, 6) is -0.498. The van der Waals surface area contributed by atoms with Gasteiger partial charge >= 0.3 is 0 Å². The Morgan fingerprint density at radius 3 is 2.27 bits per heavy atom. The predicted octanol–water partition coefficient (Wildman–Crippen LogP) is 1.71. The smallest absolute Gasteiger partial charge is 0.243 e. The van der Waals surface area contributed by atoms with Crippen molar-refractivity contribution in [1.82, 2.24) is 9.21 Å². The lowest BCUT2D eigenvalue weighted by Gasteiger charge is -2.29. The molecule has 0 saturated carbocycles. The van der Waals surface area contributed by atoms with Crippen LogP contribution in [0.3, 0.4) is 0 Å². The van der Waals surface area contributed by atoms with Gasteiger partial charge in [-0.25, -0.2) is 8.42 Å². The molecule has 0 aromatic heterocycles.